The van der Waals surface area contributed by atoms with Crippen LogP contribution in [0.2, 0.25) is 0 Å². The Morgan fingerprint density at radius 3 is 3.00 bits per heavy atom. The molecule has 1 aliphatic heterocycles. The first-order chi connectivity index (χ1) is 5.77. The molecule has 0 aliphatic carbocycles. The minimum atomic E-state index is 0.328. The first-order valence-corrected chi connectivity index (χ1v) is 5.81. The molecule has 1 heterocycles. The maximum Gasteiger partial charge on any atom is 0.0586 e. The molecule has 0 aromatic rings. The normalized spacial score (nSPS) is 27.8. The Morgan fingerprint density at radius 2 is 2.42 bits per heavy atom. The standard InChI is InChI=1S/C9H18BrNO/c1-8(5-10)6-11-4-2-3-9(11)7-12/h8-9,12H,2-7H2,1H3. The predicted molar refractivity (Wildman–Crippen MR) is 54.6 cm³/mol. The molecule has 3 heteroatoms. The number of likely N-dealkylation sites (tertiary alicyclic amines) is 1. The number of alkyl halides is 1. The second kappa shape index (κ2) is 5.20. The molecule has 0 spiro atoms. The molecule has 0 saturated carbocycles. The molecular formula is C9H18BrNO. The molecule has 2 nitrogen and oxygen atoms in total. The van der Waals surface area contributed by atoms with Crippen LogP contribution in [0, 0.1) is 5.92 Å². The first-order valence-electron chi connectivity index (χ1n) is 4.68. The lowest BCUT2D eigenvalue weighted by molar-refractivity contribution is 0.148. The van der Waals surface area contributed by atoms with Gasteiger partial charge in [0.15, 0.2) is 0 Å². The summed E-state index contributed by atoms with van der Waals surface area (Å²) in [5, 5.41) is 10.1. The fourth-order valence-corrected chi connectivity index (χ4v) is 2.00. The Kier molecular flexibility index (Phi) is 4.54. The summed E-state index contributed by atoms with van der Waals surface area (Å²) >= 11 is 3.47. The second-order valence-corrected chi connectivity index (χ2v) is 4.38. The third-order valence-corrected chi connectivity index (χ3v) is 3.62. The van der Waals surface area contributed by atoms with Crippen molar-refractivity contribution in [2.24, 2.45) is 5.92 Å². The molecule has 0 radical (unpaired) electrons. The van der Waals surface area contributed by atoms with E-state index in [0.29, 0.717) is 18.6 Å². The van der Waals surface area contributed by atoms with Crippen LogP contribution in [0.5, 0.6) is 0 Å². The SMILES string of the molecule is CC(CBr)CN1CCCC1CO. The van der Waals surface area contributed by atoms with Crippen LogP contribution in [0.15, 0.2) is 0 Å². The number of nitrogens with zero attached hydrogens (tertiary/aromatic N) is 1. The van der Waals surface area contributed by atoms with E-state index in [-0.39, 0.29) is 0 Å². The van der Waals surface area contributed by atoms with Crippen molar-refractivity contribution < 1.29 is 5.11 Å². The van der Waals surface area contributed by atoms with Gasteiger partial charge in [-0.05, 0) is 25.3 Å². The quantitative estimate of drug-likeness (QED) is 0.747. The molecule has 2 atom stereocenters. The minimum absolute atomic E-state index is 0.328. The van der Waals surface area contributed by atoms with Gasteiger partial charge in [-0.3, -0.25) is 4.90 Å². The average molecular weight is 236 g/mol. The lowest BCUT2D eigenvalue weighted by Crippen LogP contribution is -2.35. The van der Waals surface area contributed by atoms with E-state index in [4.69, 9.17) is 5.11 Å². The van der Waals surface area contributed by atoms with Crippen molar-refractivity contribution >= 4 is 15.9 Å². The molecule has 2 unspecified atom stereocenters. The number of hydrogen-bond donors (Lipinski definition) is 1. The molecule has 12 heavy (non-hydrogen) atoms. The Hall–Kier alpha value is 0.400. The Morgan fingerprint density at radius 1 is 1.67 bits per heavy atom. The zero-order valence-corrected chi connectivity index (χ0v) is 9.26. The van der Waals surface area contributed by atoms with Crippen LogP contribution < -0.4 is 0 Å². The molecule has 1 aliphatic rings. The van der Waals surface area contributed by atoms with E-state index in [1.807, 2.05) is 0 Å². The molecule has 0 aromatic carbocycles. The molecule has 1 rings (SSSR count). The smallest absolute Gasteiger partial charge is 0.0586 e. The van der Waals surface area contributed by atoms with Gasteiger partial charge in [-0.15, -0.1) is 0 Å². The van der Waals surface area contributed by atoms with Gasteiger partial charge in [-0.2, -0.15) is 0 Å². The highest BCUT2D eigenvalue weighted by atomic mass is 79.9. The van der Waals surface area contributed by atoms with Gasteiger partial charge in [0.2, 0.25) is 0 Å². The lowest BCUT2D eigenvalue weighted by Gasteiger charge is -2.25. The molecule has 0 bridgehead atoms. The van der Waals surface area contributed by atoms with Crippen molar-refractivity contribution in [2.75, 3.05) is 25.0 Å². The van der Waals surface area contributed by atoms with E-state index in [1.54, 1.807) is 0 Å². The summed E-state index contributed by atoms with van der Waals surface area (Å²) in [4.78, 5) is 2.41. The lowest BCUT2D eigenvalue weighted by atomic mass is 10.2. The molecule has 0 aromatic heterocycles. The summed E-state index contributed by atoms with van der Waals surface area (Å²) in [6, 6.07) is 0.437. The van der Waals surface area contributed by atoms with Gasteiger partial charge >= 0.3 is 0 Å². The molecule has 1 N–H and O–H groups in total. The minimum Gasteiger partial charge on any atom is -0.395 e. The number of hydrogen-bond acceptors (Lipinski definition) is 2. The van der Waals surface area contributed by atoms with Crippen molar-refractivity contribution in [3.05, 3.63) is 0 Å². The number of halogens is 1. The summed E-state index contributed by atoms with van der Waals surface area (Å²) in [6.45, 7) is 4.86. The molecule has 0 amide bonds. The van der Waals surface area contributed by atoms with Crippen molar-refractivity contribution in [1.82, 2.24) is 4.90 Å². The summed E-state index contributed by atoms with van der Waals surface area (Å²) in [6.07, 6.45) is 2.42. The van der Waals surface area contributed by atoms with E-state index in [0.717, 1.165) is 11.9 Å². The largest absolute Gasteiger partial charge is 0.395 e. The first kappa shape index (κ1) is 10.5. The van der Waals surface area contributed by atoms with E-state index in [2.05, 4.69) is 27.8 Å². The molecule has 1 saturated heterocycles. The van der Waals surface area contributed by atoms with Gasteiger partial charge in [0.1, 0.15) is 0 Å². The van der Waals surface area contributed by atoms with Crippen LogP contribution in [-0.4, -0.2) is 41.1 Å². The third kappa shape index (κ3) is 2.71. The zero-order valence-electron chi connectivity index (χ0n) is 7.67. The van der Waals surface area contributed by atoms with Gasteiger partial charge in [-0.1, -0.05) is 22.9 Å². The monoisotopic (exact) mass is 235 g/mol. The van der Waals surface area contributed by atoms with E-state index in [9.17, 15) is 0 Å². The highest BCUT2D eigenvalue weighted by molar-refractivity contribution is 9.09. The van der Waals surface area contributed by atoms with Crippen LogP contribution in [0.4, 0.5) is 0 Å². The van der Waals surface area contributed by atoms with Gasteiger partial charge in [0, 0.05) is 17.9 Å². The van der Waals surface area contributed by atoms with Gasteiger partial charge in [0.05, 0.1) is 6.61 Å². The fraction of sp³-hybridized carbons (Fsp3) is 1.00. The van der Waals surface area contributed by atoms with Crippen molar-refractivity contribution in [3.63, 3.8) is 0 Å². The summed E-state index contributed by atoms with van der Waals surface area (Å²) in [5.74, 6) is 0.692. The molecule has 1 fully saturated rings. The topological polar surface area (TPSA) is 23.5 Å². The molecule has 72 valence electrons. The van der Waals surface area contributed by atoms with Gasteiger partial charge < -0.3 is 5.11 Å². The average Bonchev–Trinajstić information content (AvgIpc) is 2.51. The highest BCUT2D eigenvalue weighted by Gasteiger charge is 2.24. The number of aliphatic hydroxyl groups excluding tert-OH is 1. The van der Waals surface area contributed by atoms with Crippen LogP contribution in [0.3, 0.4) is 0 Å². The van der Waals surface area contributed by atoms with E-state index in [1.165, 1.54) is 19.4 Å². The fourth-order valence-electron chi connectivity index (χ4n) is 1.79. The third-order valence-electron chi connectivity index (χ3n) is 2.52. The maximum absolute atomic E-state index is 9.07. The predicted octanol–water partition coefficient (Wildman–Crippen LogP) is 1.47. The van der Waals surface area contributed by atoms with Crippen LogP contribution in [0.25, 0.3) is 0 Å². The van der Waals surface area contributed by atoms with Crippen molar-refractivity contribution in [2.45, 2.75) is 25.8 Å². The summed E-state index contributed by atoms with van der Waals surface area (Å²) in [5.41, 5.74) is 0. The Labute approximate surface area is 83.1 Å². The van der Waals surface area contributed by atoms with Crippen molar-refractivity contribution in [1.29, 1.82) is 0 Å². The number of aliphatic hydroxyl groups is 1. The zero-order chi connectivity index (χ0) is 8.97. The van der Waals surface area contributed by atoms with Crippen molar-refractivity contribution in [3.8, 4) is 0 Å². The van der Waals surface area contributed by atoms with Crippen LogP contribution in [0.1, 0.15) is 19.8 Å². The number of rotatable bonds is 4. The van der Waals surface area contributed by atoms with E-state index < -0.39 is 0 Å². The Balaban J connectivity index is 2.30. The summed E-state index contributed by atoms with van der Waals surface area (Å²) in [7, 11) is 0. The van der Waals surface area contributed by atoms with Gasteiger partial charge in [0.25, 0.3) is 0 Å². The van der Waals surface area contributed by atoms with Crippen LogP contribution in [-0.2, 0) is 0 Å². The summed E-state index contributed by atoms with van der Waals surface area (Å²) < 4.78 is 0. The molecular weight excluding hydrogens is 218 g/mol. The maximum atomic E-state index is 9.07. The highest BCUT2D eigenvalue weighted by Crippen LogP contribution is 2.18. The second-order valence-electron chi connectivity index (χ2n) is 3.73. The Bertz CT molecular complexity index is 132. The van der Waals surface area contributed by atoms with Gasteiger partial charge in [-0.25, -0.2) is 0 Å². The van der Waals surface area contributed by atoms with Crippen LogP contribution >= 0.6 is 15.9 Å². The van der Waals surface area contributed by atoms with E-state index >= 15 is 0 Å².